The smallest absolute Gasteiger partial charge is 0.338 e. The van der Waals surface area contributed by atoms with E-state index in [1.165, 1.54) is 13.4 Å². The number of nitrogens with zero attached hydrogens (tertiary/aromatic N) is 3. The molecule has 0 aliphatic carbocycles. The molecule has 0 amide bonds. The van der Waals surface area contributed by atoms with E-state index in [1.807, 2.05) is 19.1 Å². The van der Waals surface area contributed by atoms with Crippen LogP contribution in [0.5, 0.6) is 11.5 Å². The summed E-state index contributed by atoms with van der Waals surface area (Å²) < 4.78 is 17.6. The van der Waals surface area contributed by atoms with Crippen LogP contribution in [0, 0.1) is 0 Å². The maximum absolute atomic E-state index is 12.6. The van der Waals surface area contributed by atoms with Gasteiger partial charge in [0.2, 0.25) is 5.95 Å². The van der Waals surface area contributed by atoms with E-state index in [2.05, 4.69) is 15.4 Å². The summed E-state index contributed by atoms with van der Waals surface area (Å²) in [7, 11) is 4.49. The fraction of sp³-hybridized carbons (Fsp3) is 0.353. The van der Waals surface area contributed by atoms with Gasteiger partial charge in [-0.15, -0.1) is 0 Å². The minimum atomic E-state index is -0.536. The number of rotatable bonds is 5. The Balaban J connectivity index is 2.28. The van der Waals surface area contributed by atoms with E-state index in [0.29, 0.717) is 29.4 Å². The number of hydrogen-bond donors (Lipinski definition) is 1. The summed E-state index contributed by atoms with van der Waals surface area (Å²) in [5, 5.41) is 7.44. The lowest BCUT2D eigenvalue weighted by Crippen LogP contribution is -2.30. The first-order valence-electron chi connectivity index (χ1n) is 7.85. The number of hydrogen-bond acceptors (Lipinski definition) is 7. The number of anilines is 1. The SMILES string of the molecule is CCC1=C(C(=O)OC)[C@H](c2cccc(OC)c2OC)n2ncnc2N1. The Morgan fingerprint density at radius 2 is 2.08 bits per heavy atom. The Morgan fingerprint density at radius 3 is 2.72 bits per heavy atom. The van der Waals surface area contributed by atoms with Crippen molar-refractivity contribution in [3.8, 4) is 11.5 Å². The van der Waals surface area contributed by atoms with Crippen LogP contribution in [0.15, 0.2) is 35.8 Å². The monoisotopic (exact) mass is 344 g/mol. The number of nitrogens with one attached hydrogen (secondary N) is 1. The molecular weight excluding hydrogens is 324 g/mol. The zero-order valence-corrected chi connectivity index (χ0v) is 14.6. The molecule has 2 aromatic rings. The molecule has 0 fully saturated rings. The van der Waals surface area contributed by atoms with Gasteiger partial charge in [0, 0.05) is 11.3 Å². The molecule has 0 saturated carbocycles. The molecule has 0 bridgehead atoms. The summed E-state index contributed by atoms with van der Waals surface area (Å²) >= 11 is 0. The third kappa shape index (κ3) is 2.69. The molecule has 1 aliphatic rings. The van der Waals surface area contributed by atoms with E-state index >= 15 is 0 Å². The average Bonchev–Trinajstić information content (AvgIpc) is 3.13. The van der Waals surface area contributed by atoms with Gasteiger partial charge in [-0.3, -0.25) is 0 Å². The Bertz CT molecular complexity index is 828. The standard InChI is InChI=1S/C17H20N4O4/c1-5-11-13(16(22)25-4)14(21-17(20-11)18-9-19-21)10-7-6-8-12(23-2)15(10)24-3/h6-9,14H,5H2,1-4H3,(H,18,19,20)/t14-/m0/s1. The second-order valence-corrected chi connectivity index (χ2v) is 5.38. The van der Waals surface area contributed by atoms with Crippen molar-refractivity contribution in [2.45, 2.75) is 19.4 Å². The molecule has 25 heavy (non-hydrogen) atoms. The third-order valence-corrected chi connectivity index (χ3v) is 4.17. The highest BCUT2D eigenvalue weighted by molar-refractivity contribution is 5.92. The van der Waals surface area contributed by atoms with Gasteiger partial charge in [-0.05, 0) is 12.5 Å². The van der Waals surface area contributed by atoms with E-state index in [1.54, 1.807) is 25.0 Å². The molecule has 0 spiro atoms. The Kier molecular flexibility index (Phi) is 4.60. The van der Waals surface area contributed by atoms with Gasteiger partial charge in [0.25, 0.3) is 0 Å². The number of methoxy groups -OCH3 is 3. The molecule has 1 atom stereocenters. The highest BCUT2D eigenvalue weighted by Crippen LogP contribution is 2.43. The molecule has 132 valence electrons. The normalized spacial score (nSPS) is 16.1. The first-order valence-corrected chi connectivity index (χ1v) is 7.85. The second-order valence-electron chi connectivity index (χ2n) is 5.38. The largest absolute Gasteiger partial charge is 0.493 e. The van der Waals surface area contributed by atoms with Gasteiger partial charge in [0.05, 0.1) is 26.9 Å². The van der Waals surface area contributed by atoms with Crippen molar-refractivity contribution in [1.82, 2.24) is 14.8 Å². The molecule has 3 rings (SSSR count). The van der Waals surface area contributed by atoms with Gasteiger partial charge >= 0.3 is 5.97 Å². The number of esters is 1. The molecule has 0 unspecified atom stereocenters. The van der Waals surface area contributed by atoms with Crippen molar-refractivity contribution in [2.75, 3.05) is 26.6 Å². The highest BCUT2D eigenvalue weighted by atomic mass is 16.5. The fourth-order valence-corrected chi connectivity index (χ4v) is 3.06. The predicted octanol–water partition coefficient (Wildman–Crippen LogP) is 2.15. The molecule has 1 N–H and O–H groups in total. The molecule has 2 heterocycles. The van der Waals surface area contributed by atoms with E-state index in [9.17, 15) is 4.79 Å². The minimum absolute atomic E-state index is 0.430. The number of ether oxygens (including phenoxy) is 3. The predicted molar refractivity (Wildman–Crippen MR) is 90.7 cm³/mol. The first kappa shape index (κ1) is 16.8. The molecule has 0 radical (unpaired) electrons. The first-order chi connectivity index (χ1) is 12.2. The van der Waals surface area contributed by atoms with Crippen LogP contribution < -0.4 is 14.8 Å². The van der Waals surface area contributed by atoms with Crippen LogP contribution in [0.2, 0.25) is 0 Å². The van der Waals surface area contributed by atoms with E-state index in [-0.39, 0.29) is 0 Å². The van der Waals surface area contributed by atoms with Crippen LogP contribution in [0.25, 0.3) is 0 Å². The third-order valence-electron chi connectivity index (χ3n) is 4.17. The summed E-state index contributed by atoms with van der Waals surface area (Å²) in [5.41, 5.74) is 1.94. The number of carbonyl (C=O) groups is 1. The van der Waals surface area contributed by atoms with Crippen LogP contribution in [0.1, 0.15) is 24.9 Å². The summed E-state index contributed by atoms with van der Waals surface area (Å²) in [4.78, 5) is 16.8. The van der Waals surface area contributed by atoms with Crippen molar-refractivity contribution >= 4 is 11.9 Å². The number of aromatic nitrogens is 3. The maximum atomic E-state index is 12.6. The molecule has 1 aromatic carbocycles. The van der Waals surface area contributed by atoms with Crippen LogP contribution in [0.3, 0.4) is 0 Å². The summed E-state index contributed by atoms with van der Waals surface area (Å²) in [5.74, 6) is 1.23. The lowest BCUT2D eigenvalue weighted by molar-refractivity contribution is -0.136. The summed E-state index contributed by atoms with van der Waals surface area (Å²) in [6.07, 6.45) is 2.05. The van der Waals surface area contributed by atoms with E-state index in [0.717, 1.165) is 11.3 Å². The number of benzene rings is 1. The average molecular weight is 344 g/mol. The van der Waals surface area contributed by atoms with Crippen molar-refractivity contribution in [1.29, 1.82) is 0 Å². The Labute approximate surface area is 145 Å². The molecule has 1 aliphatic heterocycles. The van der Waals surface area contributed by atoms with Crippen molar-refractivity contribution in [3.05, 3.63) is 41.4 Å². The minimum Gasteiger partial charge on any atom is -0.493 e. The second kappa shape index (κ2) is 6.84. The van der Waals surface area contributed by atoms with Crippen molar-refractivity contribution < 1.29 is 19.0 Å². The van der Waals surface area contributed by atoms with Crippen LogP contribution in [-0.2, 0) is 9.53 Å². The molecular formula is C17H20N4O4. The van der Waals surface area contributed by atoms with Crippen LogP contribution >= 0.6 is 0 Å². The van der Waals surface area contributed by atoms with Gasteiger partial charge in [-0.25, -0.2) is 9.48 Å². The molecule has 0 saturated heterocycles. The van der Waals surface area contributed by atoms with Gasteiger partial charge in [-0.2, -0.15) is 10.1 Å². The molecule has 8 heteroatoms. The van der Waals surface area contributed by atoms with Gasteiger partial charge in [-0.1, -0.05) is 19.1 Å². The van der Waals surface area contributed by atoms with Gasteiger partial charge in [0.15, 0.2) is 11.5 Å². The van der Waals surface area contributed by atoms with Crippen molar-refractivity contribution in [2.24, 2.45) is 0 Å². The number of carbonyl (C=O) groups excluding carboxylic acids is 1. The fourth-order valence-electron chi connectivity index (χ4n) is 3.06. The zero-order valence-electron chi connectivity index (χ0n) is 14.6. The lowest BCUT2D eigenvalue weighted by Gasteiger charge is -2.30. The number of fused-ring (bicyclic) bond motifs is 1. The Hall–Kier alpha value is -3.03. The molecule has 8 nitrogen and oxygen atoms in total. The van der Waals surface area contributed by atoms with Crippen LogP contribution in [-0.4, -0.2) is 42.1 Å². The summed E-state index contributed by atoms with van der Waals surface area (Å²) in [6, 6.07) is 4.98. The molecule has 1 aromatic heterocycles. The zero-order chi connectivity index (χ0) is 18.0. The quantitative estimate of drug-likeness (QED) is 0.832. The van der Waals surface area contributed by atoms with Crippen molar-refractivity contribution in [3.63, 3.8) is 0 Å². The van der Waals surface area contributed by atoms with Crippen LogP contribution in [0.4, 0.5) is 5.95 Å². The lowest BCUT2D eigenvalue weighted by atomic mass is 9.93. The van der Waals surface area contributed by atoms with E-state index < -0.39 is 12.0 Å². The van der Waals surface area contributed by atoms with Gasteiger partial charge in [0.1, 0.15) is 12.4 Å². The maximum Gasteiger partial charge on any atom is 0.338 e. The summed E-state index contributed by atoms with van der Waals surface area (Å²) in [6.45, 7) is 1.96. The van der Waals surface area contributed by atoms with Gasteiger partial charge < -0.3 is 19.5 Å². The Morgan fingerprint density at radius 1 is 1.28 bits per heavy atom. The van der Waals surface area contributed by atoms with E-state index in [4.69, 9.17) is 14.2 Å². The topological polar surface area (TPSA) is 87.5 Å². The number of allylic oxidation sites excluding steroid dienone is 1. The number of para-hydroxylation sites is 1. The highest BCUT2D eigenvalue weighted by Gasteiger charge is 2.37.